The molecule has 0 heterocycles. The fourth-order valence-electron chi connectivity index (χ4n) is 2.41. The van der Waals surface area contributed by atoms with Crippen molar-refractivity contribution in [3.05, 3.63) is 59.2 Å². The van der Waals surface area contributed by atoms with Crippen LogP contribution in [-0.4, -0.2) is 30.9 Å². The number of benzene rings is 2. The summed E-state index contributed by atoms with van der Waals surface area (Å²) in [5.74, 6) is -0.438. The third-order valence-corrected chi connectivity index (χ3v) is 4.17. The summed E-state index contributed by atoms with van der Waals surface area (Å²) in [5.41, 5.74) is 3.22. The number of amides is 1. The molecule has 0 radical (unpaired) electrons. The zero-order chi connectivity index (χ0) is 20.5. The first-order valence-corrected chi connectivity index (χ1v) is 9.18. The maximum Gasteiger partial charge on any atom is 0.344 e. The second kappa shape index (κ2) is 10.3. The van der Waals surface area contributed by atoms with Gasteiger partial charge in [-0.2, -0.15) is 0 Å². The van der Waals surface area contributed by atoms with E-state index < -0.39 is 5.97 Å². The molecule has 0 spiro atoms. The molecular weight excluding hydrogens is 358 g/mol. The van der Waals surface area contributed by atoms with Crippen LogP contribution >= 0.6 is 0 Å². The van der Waals surface area contributed by atoms with Crippen LogP contribution in [-0.2, 0) is 14.3 Å². The second-order valence-corrected chi connectivity index (χ2v) is 6.49. The van der Waals surface area contributed by atoms with E-state index in [0.717, 1.165) is 17.5 Å². The molecule has 0 aromatic heterocycles. The van der Waals surface area contributed by atoms with E-state index in [1.54, 1.807) is 30.3 Å². The fraction of sp³-hybridized carbons (Fsp3) is 0.318. The van der Waals surface area contributed by atoms with Crippen LogP contribution in [0, 0.1) is 13.8 Å². The molecule has 0 aliphatic heterocycles. The van der Waals surface area contributed by atoms with Crippen molar-refractivity contribution in [3.63, 3.8) is 0 Å². The zero-order valence-corrected chi connectivity index (χ0v) is 16.4. The van der Waals surface area contributed by atoms with Gasteiger partial charge in [-0.3, -0.25) is 9.59 Å². The van der Waals surface area contributed by atoms with Gasteiger partial charge < -0.3 is 14.8 Å². The first kappa shape index (κ1) is 21.2. The average molecular weight is 383 g/mol. The first-order valence-electron chi connectivity index (χ1n) is 9.18. The number of rotatable bonds is 9. The number of hydrogen-bond donors (Lipinski definition) is 1. The Labute approximate surface area is 164 Å². The van der Waals surface area contributed by atoms with Gasteiger partial charge in [-0.05, 0) is 67.8 Å². The molecule has 0 saturated heterocycles. The summed E-state index contributed by atoms with van der Waals surface area (Å²) >= 11 is 0. The Morgan fingerprint density at radius 1 is 0.929 bits per heavy atom. The minimum absolute atomic E-state index is 0.0701. The highest BCUT2D eigenvalue weighted by atomic mass is 16.6. The summed E-state index contributed by atoms with van der Waals surface area (Å²) in [4.78, 5) is 35.5. The second-order valence-electron chi connectivity index (χ2n) is 6.49. The number of Topliss-reactive ketones (excluding diaryl/α,β-unsaturated/α-hetero) is 1. The van der Waals surface area contributed by atoms with Crippen molar-refractivity contribution >= 4 is 23.3 Å². The van der Waals surface area contributed by atoms with Gasteiger partial charge in [0.05, 0.1) is 0 Å². The Hall–Kier alpha value is -3.15. The van der Waals surface area contributed by atoms with E-state index in [4.69, 9.17) is 9.47 Å². The van der Waals surface area contributed by atoms with Gasteiger partial charge in [0.2, 0.25) is 5.91 Å². The summed E-state index contributed by atoms with van der Waals surface area (Å²) in [6.07, 6.45) is 1.21. The van der Waals surface area contributed by atoms with Gasteiger partial charge in [-0.15, -0.1) is 0 Å². The molecule has 1 N–H and O–H groups in total. The van der Waals surface area contributed by atoms with Crippen molar-refractivity contribution < 1.29 is 23.9 Å². The minimum atomic E-state index is -0.616. The summed E-state index contributed by atoms with van der Waals surface area (Å²) in [5, 5.41) is 2.75. The van der Waals surface area contributed by atoms with E-state index in [1.165, 1.54) is 0 Å². The number of esters is 1. The van der Waals surface area contributed by atoms with E-state index in [2.05, 4.69) is 5.32 Å². The average Bonchev–Trinajstić information content (AvgIpc) is 2.67. The van der Waals surface area contributed by atoms with Gasteiger partial charge in [0.15, 0.2) is 19.0 Å². The summed E-state index contributed by atoms with van der Waals surface area (Å²) < 4.78 is 10.4. The lowest BCUT2D eigenvalue weighted by Crippen LogP contribution is -2.19. The van der Waals surface area contributed by atoms with Crippen LogP contribution in [0.25, 0.3) is 0 Å². The first-order chi connectivity index (χ1) is 13.4. The van der Waals surface area contributed by atoms with Crippen LogP contribution in [0.15, 0.2) is 42.5 Å². The van der Waals surface area contributed by atoms with E-state index >= 15 is 0 Å². The Balaban J connectivity index is 1.78. The molecular formula is C22H25NO5. The maximum atomic E-state index is 12.1. The van der Waals surface area contributed by atoms with Crippen LogP contribution in [0.4, 0.5) is 5.69 Å². The molecule has 6 heteroatoms. The normalized spacial score (nSPS) is 10.2. The van der Waals surface area contributed by atoms with Crippen molar-refractivity contribution in [1.82, 2.24) is 0 Å². The number of nitrogens with one attached hydrogen (secondary N) is 1. The van der Waals surface area contributed by atoms with E-state index in [9.17, 15) is 14.4 Å². The smallest absolute Gasteiger partial charge is 0.344 e. The molecule has 0 aliphatic carbocycles. The molecule has 0 fully saturated rings. The lowest BCUT2D eigenvalue weighted by Gasteiger charge is -2.09. The molecule has 148 valence electrons. The summed E-state index contributed by atoms with van der Waals surface area (Å²) in [7, 11) is 0. The van der Waals surface area contributed by atoms with Crippen LogP contribution in [0.2, 0.25) is 0 Å². The van der Waals surface area contributed by atoms with Crippen molar-refractivity contribution in [3.8, 4) is 5.75 Å². The Kier molecular flexibility index (Phi) is 7.75. The molecule has 0 bridgehead atoms. The minimum Gasteiger partial charge on any atom is -0.482 e. The molecule has 2 rings (SSSR count). The largest absolute Gasteiger partial charge is 0.482 e. The highest BCUT2D eigenvalue weighted by molar-refractivity contribution is 5.98. The number of anilines is 1. The quantitative estimate of drug-likeness (QED) is 0.525. The van der Waals surface area contributed by atoms with Gasteiger partial charge >= 0.3 is 5.97 Å². The van der Waals surface area contributed by atoms with Crippen molar-refractivity contribution in [2.45, 2.75) is 33.6 Å². The predicted molar refractivity (Wildman–Crippen MR) is 107 cm³/mol. The van der Waals surface area contributed by atoms with Crippen molar-refractivity contribution in [2.75, 3.05) is 18.5 Å². The third-order valence-electron chi connectivity index (χ3n) is 4.17. The Morgan fingerprint density at radius 3 is 2.29 bits per heavy atom. The van der Waals surface area contributed by atoms with Gasteiger partial charge in [-0.25, -0.2) is 4.79 Å². The monoisotopic (exact) mass is 383 g/mol. The fourth-order valence-corrected chi connectivity index (χ4v) is 2.41. The predicted octanol–water partition coefficient (Wildman–Crippen LogP) is 3.85. The third kappa shape index (κ3) is 6.54. The number of ketones is 1. The van der Waals surface area contributed by atoms with Crippen LogP contribution < -0.4 is 10.1 Å². The Bertz CT molecular complexity index is 843. The summed E-state index contributed by atoms with van der Waals surface area (Å²) in [6, 6.07) is 12.0. The molecule has 28 heavy (non-hydrogen) atoms. The number of carbonyl (C=O) groups excluding carboxylic acids is 3. The maximum absolute atomic E-state index is 12.1. The van der Waals surface area contributed by atoms with E-state index in [-0.39, 0.29) is 24.9 Å². The lowest BCUT2D eigenvalue weighted by atomic mass is 10.1. The highest BCUT2D eigenvalue weighted by Gasteiger charge is 2.11. The number of carbonyl (C=O) groups is 3. The molecule has 0 atom stereocenters. The van der Waals surface area contributed by atoms with Gasteiger partial charge in [0.1, 0.15) is 5.75 Å². The standard InChI is InChI=1S/C22H25NO5/c1-4-5-21(25)23-18-9-7-17(8-10-18)20(24)13-28-22(26)14-27-19-11-6-15(2)16(3)12-19/h6-12H,4-5,13-14H2,1-3H3,(H,23,25). The Morgan fingerprint density at radius 2 is 1.64 bits per heavy atom. The van der Waals surface area contributed by atoms with Crippen molar-refractivity contribution in [2.24, 2.45) is 0 Å². The highest BCUT2D eigenvalue weighted by Crippen LogP contribution is 2.16. The van der Waals surface area contributed by atoms with Crippen LogP contribution in [0.5, 0.6) is 5.75 Å². The molecule has 6 nitrogen and oxygen atoms in total. The molecule has 2 aromatic carbocycles. The number of aryl methyl sites for hydroxylation is 2. The van der Waals surface area contributed by atoms with Gasteiger partial charge in [0.25, 0.3) is 0 Å². The van der Waals surface area contributed by atoms with Crippen molar-refractivity contribution in [1.29, 1.82) is 0 Å². The molecule has 2 aromatic rings. The number of ether oxygens (including phenoxy) is 2. The topological polar surface area (TPSA) is 81.7 Å². The van der Waals surface area contributed by atoms with E-state index in [1.807, 2.05) is 32.9 Å². The molecule has 0 aliphatic rings. The zero-order valence-electron chi connectivity index (χ0n) is 16.4. The van der Waals surface area contributed by atoms with E-state index in [0.29, 0.717) is 23.4 Å². The van der Waals surface area contributed by atoms with Crippen LogP contribution in [0.3, 0.4) is 0 Å². The SMILES string of the molecule is CCCC(=O)Nc1ccc(C(=O)COC(=O)COc2ccc(C)c(C)c2)cc1. The molecule has 0 saturated carbocycles. The van der Waals surface area contributed by atoms with Gasteiger partial charge in [0, 0.05) is 17.7 Å². The van der Waals surface area contributed by atoms with Gasteiger partial charge in [-0.1, -0.05) is 13.0 Å². The number of hydrogen-bond acceptors (Lipinski definition) is 5. The molecule has 0 unspecified atom stereocenters. The van der Waals surface area contributed by atoms with Crippen LogP contribution in [0.1, 0.15) is 41.3 Å². The lowest BCUT2D eigenvalue weighted by molar-refractivity contribution is -0.144. The summed E-state index contributed by atoms with van der Waals surface area (Å²) in [6.45, 7) is 5.24. The molecule has 1 amide bonds.